The molecule has 1 unspecified atom stereocenters. The van der Waals surface area contributed by atoms with Crippen molar-refractivity contribution in [3.05, 3.63) is 29.8 Å². The lowest BCUT2D eigenvalue weighted by molar-refractivity contribution is -0.129. The fraction of sp³-hybridized carbons (Fsp3) is 0.462. The molecule has 3 nitrogen and oxygen atoms in total. The number of carbonyl (C=O) groups excluding carboxylic acids is 1. The van der Waals surface area contributed by atoms with Crippen LogP contribution in [0.4, 0.5) is 0 Å². The maximum Gasteiger partial charge on any atom is 0.226 e. The van der Waals surface area contributed by atoms with Gasteiger partial charge in [0.25, 0.3) is 0 Å². The Bertz CT molecular complexity index is 391. The minimum atomic E-state index is 0.202. The van der Waals surface area contributed by atoms with Crippen LogP contribution in [0.3, 0.4) is 0 Å². The van der Waals surface area contributed by atoms with Gasteiger partial charge in [-0.2, -0.15) is 0 Å². The van der Waals surface area contributed by atoms with E-state index in [2.05, 4.69) is 12.6 Å². The van der Waals surface area contributed by atoms with Crippen molar-refractivity contribution in [2.24, 2.45) is 11.7 Å². The van der Waals surface area contributed by atoms with Crippen molar-refractivity contribution in [3.63, 3.8) is 0 Å². The number of thiol groups is 1. The average Bonchev–Trinajstić information content (AvgIpc) is 2.81. The highest BCUT2D eigenvalue weighted by Gasteiger charge is 2.24. The van der Waals surface area contributed by atoms with Crippen molar-refractivity contribution in [1.82, 2.24) is 4.90 Å². The third-order valence-electron chi connectivity index (χ3n) is 3.26. The topological polar surface area (TPSA) is 46.3 Å². The van der Waals surface area contributed by atoms with Crippen molar-refractivity contribution >= 4 is 18.5 Å². The second-order valence-electron chi connectivity index (χ2n) is 4.57. The Morgan fingerprint density at radius 1 is 1.41 bits per heavy atom. The molecule has 0 aliphatic carbocycles. The minimum absolute atomic E-state index is 0.202. The van der Waals surface area contributed by atoms with Crippen LogP contribution in [0.2, 0.25) is 0 Å². The van der Waals surface area contributed by atoms with Gasteiger partial charge in [-0.25, -0.2) is 0 Å². The molecule has 1 amide bonds. The van der Waals surface area contributed by atoms with Crippen LogP contribution < -0.4 is 5.73 Å². The Hall–Kier alpha value is -1.00. The SMILES string of the molecule is NCC1CCN(C(=O)Cc2ccc(S)cc2)C1. The standard InChI is InChI=1S/C13H18N2OS/c14-8-11-5-6-15(9-11)13(16)7-10-1-3-12(17)4-2-10/h1-4,11,17H,5-9,14H2. The average molecular weight is 250 g/mol. The van der Waals surface area contributed by atoms with Crippen LogP contribution in [-0.4, -0.2) is 30.4 Å². The lowest BCUT2D eigenvalue weighted by Crippen LogP contribution is -2.31. The van der Waals surface area contributed by atoms with Gasteiger partial charge < -0.3 is 10.6 Å². The lowest BCUT2D eigenvalue weighted by Gasteiger charge is -2.16. The highest BCUT2D eigenvalue weighted by molar-refractivity contribution is 7.80. The fourth-order valence-electron chi connectivity index (χ4n) is 2.15. The van der Waals surface area contributed by atoms with Gasteiger partial charge in [0.1, 0.15) is 0 Å². The fourth-order valence-corrected chi connectivity index (χ4v) is 2.30. The summed E-state index contributed by atoms with van der Waals surface area (Å²) >= 11 is 4.22. The van der Waals surface area contributed by atoms with Crippen molar-refractivity contribution in [2.75, 3.05) is 19.6 Å². The molecule has 1 fully saturated rings. The number of carbonyl (C=O) groups is 1. The molecule has 0 aromatic heterocycles. The molecule has 2 N–H and O–H groups in total. The number of nitrogens with zero attached hydrogens (tertiary/aromatic N) is 1. The Kier molecular flexibility index (Phi) is 4.07. The predicted octanol–water partition coefficient (Wildman–Crippen LogP) is 1.32. The number of rotatable bonds is 3. The first-order valence-corrected chi connectivity index (χ1v) is 6.39. The third kappa shape index (κ3) is 3.23. The second-order valence-corrected chi connectivity index (χ2v) is 5.09. The summed E-state index contributed by atoms with van der Waals surface area (Å²) in [5, 5.41) is 0. The van der Waals surface area contributed by atoms with Gasteiger partial charge in [0.15, 0.2) is 0 Å². The second kappa shape index (κ2) is 5.56. The molecule has 1 aliphatic heterocycles. The molecule has 92 valence electrons. The van der Waals surface area contributed by atoms with Crippen LogP contribution in [0.1, 0.15) is 12.0 Å². The molecule has 1 atom stereocenters. The number of hydrogen-bond donors (Lipinski definition) is 2. The van der Waals surface area contributed by atoms with E-state index in [0.29, 0.717) is 18.9 Å². The molecule has 17 heavy (non-hydrogen) atoms. The third-order valence-corrected chi connectivity index (χ3v) is 3.56. The molecule has 0 radical (unpaired) electrons. The molecular formula is C13H18N2OS. The smallest absolute Gasteiger partial charge is 0.226 e. The number of amides is 1. The predicted molar refractivity (Wildman–Crippen MR) is 71.1 cm³/mol. The van der Waals surface area contributed by atoms with Crippen molar-refractivity contribution in [2.45, 2.75) is 17.7 Å². The van der Waals surface area contributed by atoms with E-state index in [9.17, 15) is 4.79 Å². The van der Waals surface area contributed by atoms with Gasteiger partial charge in [-0.3, -0.25) is 4.79 Å². The first-order chi connectivity index (χ1) is 8.19. The summed E-state index contributed by atoms with van der Waals surface area (Å²) in [6.45, 7) is 2.35. The minimum Gasteiger partial charge on any atom is -0.342 e. The largest absolute Gasteiger partial charge is 0.342 e. The summed E-state index contributed by atoms with van der Waals surface area (Å²) in [6, 6.07) is 7.74. The molecule has 1 heterocycles. The molecule has 0 spiro atoms. The monoisotopic (exact) mass is 250 g/mol. The van der Waals surface area contributed by atoms with Gasteiger partial charge in [0.2, 0.25) is 5.91 Å². The number of likely N-dealkylation sites (tertiary alicyclic amines) is 1. The molecule has 0 bridgehead atoms. The Labute approximate surface area is 107 Å². The molecule has 1 aliphatic rings. The van der Waals surface area contributed by atoms with E-state index in [0.717, 1.165) is 30.0 Å². The highest BCUT2D eigenvalue weighted by Crippen LogP contribution is 2.16. The quantitative estimate of drug-likeness (QED) is 0.795. The summed E-state index contributed by atoms with van der Waals surface area (Å²) in [6.07, 6.45) is 1.52. The zero-order valence-corrected chi connectivity index (χ0v) is 10.7. The summed E-state index contributed by atoms with van der Waals surface area (Å²) in [5.41, 5.74) is 6.66. The first kappa shape index (κ1) is 12.5. The van der Waals surface area contributed by atoms with E-state index < -0.39 is 0 Å². The van der Waals surface area contributed by atoms with Crippen LogP contribution in [0.15, 0.2) is 29.2 Å². The van der Waals surface area contributed by atoms with E-state index in [-0.39, 0.29) is 5.91 Å². The Morgan fingerprint density at radius 2 is 2.12 bits per heavy atom. The normalized spacial score (nSPS) is 19.6. The molecule has 0 saturated carbocycles. The summed E-state index contributed by atoms with van der Waals surface area (Å²) in [4.78, 5) is 14.9. The van der Waals surface area contributed by atoms with Crippen molar-refractivity contribution in [3.8, 4) is 0 Å². The van der Waals surface area contributed by atoms with Gasteiger partial charge in [0.05, 0.1) is 6.42 Å². The van der Waals surface area contributed by atoms with Gasteiger partial charge in [-0.05, 0) is 36.6 Å². The van der Waals surface area contributed by atoms with Gasteiger partial charge >= 0.3 is 0 Å². The summed E-state index contributed by atoms with van der Waals surface area (Å²) in [7, 11) is 0. The molecular weight excluding hydrogens is 232 g/mol. The van der Waals surface area contributed by atoms with E-state index in [1.54, 1.807) is 0 Å². The zero-order valence-electron chi connectivity index (χ0n) is 9.80. The van der Waals surface area contributed by atoms with E-state index in [1.807, 2.05) is 29.2 Å². The van der Waals surface area contributed by atoms with Crippen molar-refractivity contribution < 1.29 is 4.79 Å². The maximum atomic E-state index is 12.0. The number of nitrogens with two attached hydrogens (primary N) is 1. The Morgan fingerprint density at radius 3 is 2.71 bits per heavy atom. The van der Waals surface area contributed by atoms with Gasteiger partial charge in [-0.1, -0.05) is 12.1 Å². The zero-order chi connectivity index (χ0) is 12.3. The first-order valence-electron chi connectivity index (χ1n) is 5.95. The van der Waals surface area contributed by atoms with E-state index in [4.69, 9.17) is 5.73 Å². The molecule has 1 saturated heterocycles. The number of hydrogen-bond acceptors (Lipinski definition) is 3. The van der Waals surface area contributed by atoms with Crippen LogP contribution in [-0.2, 0) is 11.2 Å². The van der Waals surface area contributed by atoms with Gasteiger partial charge in [-0.15, -0.1) is 12.6 Å². The van der Waals surface area contributed by atoms with Gasteiger partial charge in [0, 0.05) is 18.0 Å². The highest BCUT2D eigenvalue weighted by atomic mass is 32.1. The van der Waals surface area contributed by atoms with E-state index in [1.165, 1.54) is 0 Å². The van der Waals surface area contributed by atoms with E-state index >= 15 is 0 Å². The van der Waals surface area contributed by atoms with Crippen LogP contribution in [0.5, 0.6) is 0 Å². The summed E-state index contributed by atoms with van der Waals surface area (Å²) in [5.74, 6) is 0.687. The van der Waals surface area contributed by atoms with Crippen LogP contribution >= 0.6 is 12.6 Å². The molecule has 4 heteroatoms. The summed E-state index contributed by atoms with van der Waals surface area (Å²) < 4.78 is 0. The lowest BCUT2D eigenvalue weighted by atomic mass is 10.1. The van der Waals surface area contributed by atoms with Crippen LogP contribution in [0, 0.1) is 5.92 Å². The van der Waals surface area contributed by atoms with Crippen molar-refractivity contribution in [1.29, 1.82) is 0 Å². The maximum absolute atomic E-state index is 12.0. The number of benzene rings is 1. The molecule has 1 aromatic carbocycles. The Balaban J connectivity index is 1.91. The van der Waals surface area contributed by atoms with Crippen LogP contribution in [0.25, 0.3) is 0 Å². The molecule has 1 aromatic rings. The molecule has 2 rings (SSSR count).